The smallest absolute Gasteiger partial charge is 0.345 e. The van der Waals surface area contributed by atoms with Crippen LogP contribution >= 0.6 is 0 Å². The Bertz CT molecular complexity index is 761. The zero-order valence-electron chi connectivity index (χ0n) is 12.9. The molecule has 2 N–H and O–H groups in total. The van der Waals surface area contributed by atoms with Gasteiger partial charge < -0.3 is 19.8 Å². The van der Waals surface area contributed by atoms with Crippen LogP contribution in [-0.4, -0.2) is 39.1 Å². The molecule has 0 aliphatic carbocycles. The summed E-state index contributed by atoms with van der Waals surface area (Å²) in [7, 11) is 0. The van der Waals surface area contributed by atoms with Crippen LogP contribution in [0.5, 0.6) is 11.5 Å². The Morgan fingerprint density at radius 2 is 1.83 bits per heavy atom. The van der Waals surface area contributed by atoms with Gasteiger partial charge in [0.05, 0.1) is 0 Å². The third-order valence-corrected chi connectivity index (χ3v) is 3.99. The summed E-state index contributed by atoms with van der Waals surface area (Å²) in [5.74, 6) is -0.952. The number of benzene rings is 2. The van der Waals surface area contributed by atoms with Crippen LogP contribution in [0, 0.1) is 0 Å². The number of aliphatic hydroxyl groups is 1. The molecule has 1 aliphatic rings. The molecular weight excluding hydrogens is 310 g/mol. The van der Waals surface area contributed by atoms with E-state index in [2.05, 4.69) is 0 Å². The summed E-state index contributed by atoms with van der Waals surface area (Å²) in [6, 6.07) is 16.5. The number of carboxylic acid groups (broad SMARTS) is 1. The second-order valence-electron chi connectivity index (χ2n) is 5.70. The second kappa shape index (κ2) is 6.33. The van der Waals surface area contributed by atoms with E-state index in [0.29, 0.717) is 11.5 Å². The van der Waals surface area contributed by atoms with Gasteiger partial charge in [-0.05, 0) is 29.8 Å². The molecule has 0 saturated carbocycles. The molecule has 0 aromatic heterocycles. The molecule has 1 aliphatic heterocycles. The molecule has 6 heteroatoms. The van der Waals surface area contributed by atoms with Crippen LogP contribution in [0.15, 0.2) is 54.6 Å². The number of likely N-dealkylation sites (tertiary alicyclic amines) is 1. The summed E-state index contributed by atoms with van der Waals surface area (Å²) in [6.07, 6.45) is -0.110. The molecule has 0 radical (unpaired) electrons. The van der Waals surface area contributed by atoms with Crippen LogP contribution in [0.3, 0.4) is 0 Å². The van der Waals surface area contributed by atoms with Gasteiger partial charge in [-0.15, -0.1) is 0 Å². The van der Waals surface area contributed by atoms with Crippen LogP contribution in [0.1, 0.15) is 12.0 Å². The molecule has 124 valence electrons. The lowest BCUT2D eigenvalue weighted by Crippen LogP contribution is -2.46. The molecule has 3 rings (SSSR count). The van der Waals surface area contributed by atoms with Crippen molar-refractivity contribution in [3.05, 3.63) is 60.2 Å². The number of hydrogen-bond acceptors (Lipinski definition) is 4. The summed E-state index contributed by atoms with van der Waals surface area (Å²) in [5.41, 5.74) is -1.51. The van der Waals surface area contributed by atoms with Gasteiger partial charge in [-0.25, -0.2) is 4.79 Å². The summed E-state index contributed by atoms with van der Waals surface area (Å²) in [5, 5.41) is 18.9. The first-order chi connectivity index (χ1) is 11.5. The highest BCUT2D eigenvalue weighted by Gasteiger charge is 2.51. The second-order valence-corrected chi connectivity index (χ2v) is 5.70. The minimum absolute atomic E-state index is 0.110. The van der Waals surface area contributed by atoms with Crippen molar-refractivity contribution in [1.82, 2.24) is 4.90 Å². The number of ether oxygens (including phenoxy) is 1. The molecule has 0 unspecified atom stereocenters. The van der Waals surface area contributed by atoms with E-state index in [1.54, 1.807) is 18.2 Å². The normalized spacial score (nSPS) is 20.2. The number of carboxylic acids is 1. The maximum Gasteiger partial charge on any atom is 0.345 e. The Morgan fingerprint density at radius 1 is 1.12 bits per heavy atom. The average molecular weight is 327 g/mol. The van der Waals surface area contributed by atoms with Crippen molar-refractivity contribution < 1.29 is 24.5 Å². The van der Waals surface area contributed by atoms with E-state index in [4.69, 9.17) is 9.84 Å². The number of nitrogens with zero attached hydrogens (tertiary/aromatic N) is 1. The predicted molar refractivity (Wildman–Crippen MR) is 85.6 cm³/mol. The first-order valence-corrected chi connectivity index (χ1v) is 7.56. The van der Waals surface area contributed by atoms with Gasteiger partial charge in [0.15, 0.2) is 0 Å². The lowest BCUT2D eigenvalue weighted by molar-refractivity contribution is -0.166. The Morgan fingerprint density at radius 3 is 2.50 bits per heavy atom. The van der Waals surface area contributed by atoms with E-state index in [0.717, 1.165) is 5.56 Å². The van der Waals surface area contributed by atoms with Gasteiger partial charge in [0.2, 0.25) is 5.60 Å². The van der Waals surface area contributed by atoms with Crippen LogP contribution in [0.25, 0.3) is 0 Å². The highest BCUT2D eigenvalue weighted by Crippen LogP contribution is 2.27. The molecule has 2 aromatic carbocycles. The standard InChI is InChI=1S/C18H17NO5/c20-16-18(23,17(21)22)9-10-19(16)12-13-5-4-8-15(11-13)24-14-6-2-1-3-7-14/h1-8,11,23H,9-10,12H2,(H,21,22)/t18-/m0/s1. The Kier molecular flexibility index (Phi) is 4.22. The molecule has 1 fully saturated rings. The van der Waals surface area contributed by atoms with E-state index >= 15 is 0 Å². The summed E-state index contributed by atoms with van der Waals surface area (Å²) in [4.78, 5) is 24.5. The minimum atomic E-state index is -2.31. The first-order valence-electron chi connectivity index (χ1n) is 7.56. The summed E-state index contributed by atoms with van der Waals surface area (Å²) >= 11 is 0. The summed E-state index contributed by atoms with van der Waals surface area (Å²) in [6.45, 7) is 0.422. The SMILES string of the molecule is O=C(O)[C@]1(O)CCN(Cc2cccc(Oc3ccccc3)c2)C1=O. The molecule has 1 heterocycles. The molecule has 24 heavy (non-hydrogen) atoms. The zero-order valence-corrected chi connectivity index (χ0v) is 12.9. The van der Waals surface area contributed by atoms with E-state index in [1.165, 1.54) is 4.90 Å². The van der Waals surface area contributed by atoms with E-state index in [1.807, 2.05) is 36.4 Å². The topological polar surface area (TPSA) is 87.1 Å². The highest BCUT2D eigenvalue weighted by molar-refractivity contribution is 6.06. The van der Waals surface area contributed by atoms with Crippen LogP contribution in [-0.2, 0) is 16.1 Å². The Hall–Kier alpha value is -2.86. The summed E-state index contributed by atoms with van der Waals surface area (Å²) < 4.78 is 5.74. The Balaban J connectivity index is 1.72. The van der Waals surface area contributed by atoms with Crippen molar-refractivity contribution in [2.45, 2.75) is 18.6 Å². The molecular formula is C18H17NO5. The van der Waals surface area contributed by atoms with E-state index in [9.17, 15) is 14.7 Å². The zero-order chi connectivity index (χ0) is 17.2. The number of carbonyl (C=O) groups is 2. The van der Waals surface area contributed by atoms with Crippen molar-refractivity contribution in [2.24, 2.45) is 0 Å². The van der Waals surface area contributed by atoms with Gasteiger partial charge in [-0.2, -0.15) is 0 Å². The van der Waals surface area contributed by atoms with Crippen LogP contribution < -0.4 is 4.74 Å². The van der Waals surface area contributed by atoms with Crippen LogP contribution in [0.4, 0.5) is 0 Å². The predicted octanol–water partition coefficient (Wildman–Crippen LogP) is 2.03. The van der Waals surface area contributed by atoms with Gasteiger partial charge >= 0.3 is 5.97 Å². The van der Waals surface area contributed by atoms with Crippen LogP contribution in [0.2, 0.25) is 0 Å². The first kappa shape index (κ1) is 16.0. The molecule has 0 bridgehead atoms. The molecule has 1 saturated heterocycles. The van der Waals surface area contributed by atoms with Crippen molar-refractivity contribution >= 4 is 11.9 Å². The molecule has 6 nitrogen and oxygen atoms in total. The molecule has 1 atom stereocenters. The molecule has 2 aromatic rings. The fourth-order valence-electron chi connectivity index (χ4n) is 2.67. The third-order valence-electron chi connectivity index (χ3n) is 3.99. The quantitative estimate of drug-likeness (QED) is 0.821. The van der Waals surface area contributed by atoms with Gasteiger partial charge in [0.25, 0.3) is 5.91 Å². The lowest BCUT2D eigenvalue weighted by Gasteiger charge is -2.19. The fraction of sp³-hybridized carbons (Fsp3) is 0.222. The van der Waals surface area contributed by atoms with Gasteiger partial charge in [0, 0.05) is 19.5 Å². The fourth-order valence-corrected chi connectivity index (χ4v) is 2.67. The number of hydrogen-bond donors (Lipinski definition) is 2. The Labute approximate surface area is 138 Å². The van der Waals surface area contributed by atoms with Gasteiger partial charge in [-0.3, -0.25) is 4.79 Å². The maximum atomic E-state index is 12.1. The monoisotopic (exact) mass is 327 g/mol. The lowest BCUT2D eigenvalue weighted by atomic mass is 10.0. The number of amides is 1. The van der Waals surface area contributed by atoms with Gasteiger partial charge in [0.1, 0.15) is 11.5 Å². The molecule has 1 amide bonds. The number of aliphatic carboxylic acids is 1. The van der Waals surface area contributed by atoms with Crippen molar-refractivity contribution in [1.29, 1.82) is 0 Å². The van der Waals surface area contributed by atoms with E-state index < -0.39 is 17.5 Å². The number of para-hydroxylation sites is 1. The van der Waals surface area contributed by atoms with Crippen molar-refractivity contribution in [3.8, 4) is 11.5 Å². The maximum absolute atomic E-state index is 12.1. The van der Waals surface area contributed by atoms with Crippen molar-refractivity contribution in [2.75, 3.05) is 6.54 Å². The number of rotatable bonds is 5. The average Bonchev–Trinajstić information content (AvgIpc) is 2.86. The van der Waals surface area contributed by atoms with E-state index in [-0.39, 0.29) is 19.5 Å². The largest absolute Gasteiger partial charge is 0.479 e. The van der Waals surface area contributed by atoms with Gasteiger partial charge in [-0.1, -0.05) is 30.3 Å². The third kappa shape index (κ3) is 3.09. The number of carbonyl (C=O) groups excluding carboxylic acids is 1. The minimum Gasteiger partial charge on any atom is -0.479 e. The highest BCUT2D eigenvalue weighted by atomic mass is 16.5. The molecule has 0 spiro atoms. The van der Waals surface area contributed by atoms with Crippen molar-refractivity contribution in [3.63, 3.8) is 0 Å².